The third-order valence-corrected chi connectivity index (χ3v) is 4.35. The van der Waals surface area contributed by atoms with E-state index < -0.39 is 17.8 Å². The fourth-order valence-corrected chi connectivity index (χ4v) is 2.95. The Hall–Kier alpha value is -2.50. The molecule has 6 heteroatoms. The van der Waals surface area contributed by atoms with Gasteiger partial charge in [-0.1, -0.05) is 12.2 Å². The standard InChI is InChI=1S/C18H23NO5/c1-11(13-9-8-12(23-2)10-16(13)24-3)19-17(20)14-6-4-5-7-15(14)18(21)22/h4-5,8-11,14-15H,6-7H2,1-3H3,(H,19,20)(H,21,22)/t11-,14-,15-/m0/s1. The van der Waals surface area contributed by atoms with Crippen LogP contribution in [0.2, 0.25) is 0 Å². The summed E-state index contributed by atoms with van der Waals surface area (Å²) in [6.07, 6.45) is 4.50. The molecule has 0 spiro atoms. The van der Waals surface area contributed by atoms with E-state index in [9.17, 15) is 14.7 Å². The molecule has 0 saturated carbocycles. The fraction of sp³-hybridized carbons (Fsp3) is 0.444. The summed E-state index contributed by atoms with van der Waals surface area (Å²) >= 11 is 0. The second-order valence-electron chi connectivity index (χ2n) is 5.83. The molecule has 24 heavy (non-hydrogen) atoms. The molecule has 0 saturated heterocycles. The summed E-state index contributed by atoms with van der Waals surface area (Å²) in [5, 5.41) is 12.2. The lowest BCUT2D eigenvalue weighted by Crippen LogP contribution is -2.39. The van der Waals surface area contributed by atoms with Crippen molar-refractivity contribution in [3.05, 3.63) is 35.9 Å². The number of carbonyl (C=O) groups excluding carboxylic acids is 1. The van der Waals surface area contributed by atoms with Gasteiger partial charge in [-0.25, -0.2) is 0 Å². The molecule has 1 aromatic carbocycles. The first-order chi connectivity index (χ1) is 11.5. The molecule has 0 unspecified atom stereocenters. The second kappa shape index (κ2) is 7.86. The molecule has 130 valence electrons. The summed E-state index contributed by atoms with van der Waals surface area (Å²) in [5.41, 5.74) is 0.810. The minimum atomic E-state index is -0.936. The van der Waals surface area contributed by atoms with E-state index in [1.54, 1.807) is 26.4 Å². The molecule has 1 aliphatic carbocycles. The van der Waals surface area contributed by atoms with Crippen LogP contribution in [0.1, 0.15) is 31.4 Å². The molecule has 3 atom stereocenters. The van der Waals surface area contributed by atoms with Gasteiger partial charge in [0.1, 0.15) is 11.5 Å². The van der Waals surface area contributed by atoms with Crippen molar-refractivity contribution in [3.8, 4) is 11.5 Å². The zero-order valence-electron chi connectivity index (χ0n) is 14.1. The van der Waals surface area contributed by atoms with Crippen molar-refractivity contribution < 1.29 is 24.2 Å². The Bertz CT molecular complexity index is 640. The number of carbonyl (C=O) groups is 2. The van der Waals surface area contributed by atoms with Gasteiger partial charge in [0.15, 0.2) is 0 Å². The predicted molar refractivity (Wildman–Crippen MR) is 89.1 cm³/mol. The Kier molecular flexibility index (Phi) is 5.84. The number of hydrogen-bond acceptors (Lipinski definition) is 4. The van der Waals surface area contributed by atoms with Crippen molar-refractivity contribution in [3.63, 3.8) is 0 Å². The van der Waals surface area contributed by atoms with Crippen molar-refractivity contribution in [2.75, 3.05) is 14.2 Å². The van der Waals surface area contributed by atoms with E-state index in [0.29, 0.717) is 24.3 Å². The number of ether oxygens (including phenoxy) is 2. The Morgan fingerprint density at radius 3 is 2.42 bits per heavy atom. The molecule has 1 amide bonds. The molecule has 6 nitrogen and oxygen atoms in total. The number of nitrogens with one attached hydrogen (secondary N) is 1. The van der Waals surface area contributed by atoms with Gasteiger partial charge in [0.25, 0.3) is 0 Å². The smallest absolute Gasteiger partial charge is 0.307 e. The number of rotatable bonds is 6. The lowest BCUT2D eigenvalue weighted by Gasteiger charge is -2.26. The summed E-state index contributed by atoms with van der Waals surface area (Å²) in [4.78, 5) is 23.9. The maximum Gasteiger partial charge on any atom is 0.307 e. The van der Waals surface area contributed by atoms with Gasteiger partial charge in [-0.3, -0.25) is 9.59 Å². The molecular weight excluding hydrogens is 310 g/mol. The van der Waals surface area contributed by atoms with Crippen LogP contribution in [0, 0.1) is 11.8 Å². The number of amides is 1. The molecule has 2 rings (SSSR count). The highest BCUT2D eigenvalue weighted by molar-refractivity contribution is 5.85. The molecule has 1 aromatic rings. The van der Waals surface area contributed by atoms with E-state index in [0.717, 1.165) is 5.56 Å². The van der Waals surface area contributed by atoms with Crippen LogP contribution in [0.4, 0.5) is 0 Å². The predicted octanol–water partition coefficient (Wildman–Crippen LogP) is 2.55. The van der Waals surface area contributed by atoms with E-state index in [1.807, 2.05) is 25.1 Å². The Labute approximate surface area is 141 Å². The summed E-state index contributed by atoms with van der Waals surface area (Å²) in [7, 11) is 3.13. The van der Waals surface area contributed by atoms with E-state index in [1.165, 1.54) is 0 Å². The lowest BCUT2D eigenvalue weighted by atomic mass is 9.82. The number of allylic oxidation sites excluding steroid dienone is 2. The van der Waals surface area contributed by atoms with Crippen LogP contribution < -0.4 is 14.8 Å². The van der Waals surface area contributed by atoms with E-state index in [-0.39, 0.29) is 11.9 Å². The average Bonchev–Trinajstić information content (AvgIpc) is 2.60. The molecule has 0 radical (unpaired) electrons. The van der Waals surface area contributed by atoms with Crippen molar-refractivity contribution in [2.24, 2.45) is 11.8 Å². The van der Waals surface area contributed by atoms with E-state index in [4.69, 9.17) is 9.47 Å². The first-order valence-electron chi connectivity index (χ1n) is 7.88. The summed E-state index contributed by atoms with van der Waals surface area (Å²) in [6, 6.07) is 5.07. The van der Waals surface area contributed by atoms with Crippen LogP contribution in [0.3, 0.4) is 0 Å². The molecule has 0 heterocycles. The molecular formula is C18H23NO5. The average molecular weight is 333 g/mol. The fourth-order valence-electron chi connectivity index (χ4n) is 2.95. The van der Waals surface area contributed by atoms with Crippen LogP contribution in [-0.2, 0) is 9.59 Å². The Morgan fingerprint density at radius 2 is 1.83 bits per heavy atom. The highest BCUT2D eigenvalue weighted by Crippen LogP contribution is 2.31. The van der Waals surface area contributed by atoms with Crippen molar-refractivity contribution in [2.45, 2.75) is 25.8 Å². The summed E-state index contributed by atoms with van der Waals surface area (Å²) in [6.45, 7) is 1.84. The molecule has 0 bridgehead atoms. The van der Waals surface area contributed by atoms with Gasteiger partial charge >= 0.3 is 5.97 Å². The largest absolute Gasteiger partial charge is 0.497 e. The van der Waals surface area contributed by atoms with Crippen LogP contribution in [0.25, 0.3) is 0 Å². The topological polar surface area (TPSA) is 84.9 Å². The number of aliphatic carboxylic acids is 1. The van der Waals surface area contributed by atoms with E-state index in [2.05, 4.69) is 5.32 Å². The Balaban J connectivity index is 2.14. The first-order valence-corrected chi connectivity index (χ1v) is 7.88. The van der Waals surface area contributed by atoms with Gasteiger partial charge in [0, 0.05) is 11.6 Å². The zero-order valence-corrected chi connectivity index (χ0v) is 14.1. The molecule has 0 fully saturated rings. The SMILES string of the molecule is COc1ccc([C@H](C)NC(=O)[C@H]2CC=CC[C@@H]2C(=O)O)c(OC)c1. The van der Waals surface area contributed by atoms with Crippen molar-refractivity contribution >= 4 is 11.9 Å². The van der Waals surface area contributed by atoms with Crippen LogP contribution in [0.15, 0.2) is 30.4 Å². The molecule has 0 aromatic heterocycles. The number of carboxylic acid groups (broad SMARTS) is 1. The van der Waals surface area contributed by atoms with Crippen molar-refractivity contribution in [1.29, 1.82) is 0 Å². The minimum Gasteiger partial charge on any atom is -0.497 e. The first kappa shape index (κ1) is 17.8. The molecule has 2 N–H and O–H groups in total. The number of benzene rings is 1. The third-order valence-electron chi connectivity index (χ3n) is 4.35. The lowest BCUT2D eigenvalue weighted by molar-refractivity contribution is -0.147. The van der Waals surface area contributed by atoms with Crippen LogP contribution in [-0.4, -0.2) is 31.2 Å². The third kappa shape index (κ3) is 3.88. The maximum absolute atomic E-state index is 12.5. The highest BCUT2D eigenvalue weighted by Gasteiger charge is 2.34. The van der Waals surface area contributed by atoms with Gasteiger partial charge in [-0.05, 0) is 31.9 Å². The van der Waals surface area contributed by atoms with E-state index >= 15 is 0 Å². The van der Waals surface area contributed by atoms with Gasteiger partial charge in [0.2, 0.25) is 5.91 Å². The van der Waals surface area contributed by atoms with Crippen LogP contribution in [0.5, 0.6) is 11.5 Å². The number of methoxy groups -OCH3 is 2. The number of hydrogen-bond donors (Lipinski definition) is 2. The zero-order chi connectivity index (χ0) is 17.7. The Morgan fingerprint density at radius 1 is 1.17 bits per heavy atom. The maximum atomic E-state index is 12.5. The molecule has 1 aliphatic rings. The number of carboxylic acids is 1. The highest BCUT2D eigenvalue weighted by atomic mass is 16.5. The summed E-state index contributed by atoms with van der Waals surface area (Å²) < 4.78 is 10.5. The summed E-state index contributed by atoms with van der Waals surface area (Å²) in [5.74, 6) is -1.15. The van der Waals surface area contributed by atoms with Crippen LogP contribution >= 0.6 is 0 Å². The van der Waals surface area contributed by atoms with Gasteiger partial charge in [0.05, 0.1) is 32.1 Å². The van der Waals surface area contributed by atoms with Crippen molar-refractivity contribution in [1.82, 2.24) is 5.32 Å². The quantitative estimate of drug-likeness (QED) is 0.782. The monoisotopic (exact) mass is 333 g/mol. The minimum absolute atomic E-state index is 0.253. The van der Waals surface area contributed by atoms with Gasteiger partial charge < -0.3 is 19.9 Å². The molecule has 0 aliphatic heterocycles. The normalized spacial score (nSPS) is 21.0. The van der Waals surface area contributed by atoms with Gasteiger partial charge in [-0.15, -0.1) is 0 Å². The van der Waals surface area contributed by atoms with Gasteiger partial charge in [-0.2, -0.15) is 0 Å². The second-order valence-corrected chi connectivity index (χ2v) is 5.83.